The SMILES string of the molecule is CC(C)(C)Oc1cc(C(=O)CC(=O)O)ccc1C1=N[C@@H](c2ccc(Cl)cc2)[C@@H](c2cscn2)N1C(=O)N1CCNC(=O)C1. The number of carbonyl (C=O) groups excluding carboxylic acids is 3. The van der Waals surface area contributed by atoms with Crippen molar-refractivity contribution >= 4 is 52.5 Å². The van der Waals surface area contributed by atoms with Gasteiger partial charge in [0.15, 0.2) is 5.78 Å². The predicted octanol–water partition coefficient (Wildman–Crippen LogP) is 4.73. The lowest BCUT2D eigenvalue weighted by atomic mass is 9.98. The molecule has 3 aromatic rings. The number of amidine groups is 1. The average Bonchev–Trinajstić information content (AvgIpc) is 3.60. The van der Waals surface area contributed by atoms with Gasteiger partial charge in [0.2, 0.25) is 5.91 Å². The molecular weight excluding hydrogens is 594 g/mol. The van der Waals surface area contributed by atoms with Gasteiger partial charge in [0.1, 0.15) is 42.2 Å². The number of ether oxygens (including phenoxy) is 1. The number of Topliss-reactive ketones (excluding diaryl/α,β-unsaturated/α-hetero) is 1. The monoisotopic (exact) mass is 623 g/mol. The molecule has 2 atom stereocenters. The number of piperazine rings is 1. The largest absolute Gasteiger partial charge is 0.487 e. The maximum absolute atomic E-state index is 14.3. The van der Waals surface area contributed by atoms with E-state index in [1.165, 1.54) is 33.3 Å². The van der Waals surface area contributed by atoms with E-state index < -0.39 is 41.9 Å². The summed E-state index contributed by atoms with van der Waals surface area (Å²) in [7, 11) is 0. The van der Waals surface area contributed by atoms with Crippen molar-refractivity contribution in [1.82, 2.24) is 20.1 Å². The zero-order chi connectivity index (χ0) is 30.9. The molecule has 0 spiro atoms. The van der Waals surface area contributed by atoms with Gasteiger partial charge in [0, 0.05) is 29.1 Å². The van der Waals surface area contributed by atoms with Crippen LogP contribution in [0.25, 0.3) is 0 Å². The quantitative estimate of drug-likeness (QED) is 0.286. The number of ketones is 1. The molecular formula is C30H30ClN5O6S. The number of aliphatic carboxylic acids is 1. The van der Waals surface area contributed by atoms with E-state index in [4.69, 9.17) is 21.3 Å². The lowest BCUT2D eigenvalue weighted by Crippen LogP contribution is -2.55. The summed E-state index contributed by atoms with van der Waals surface area (Å²) < 4.78 is 6.29. The van der Waals surface area contributed by atoms with E-state index in [0.29, 0.717) is 29.4 Å². The van der Waals surface area contributed by atoms with Crippen LogP contribution in [0, 0.1) is 0 Å². The third-order valence-corrected chi connectivity index (χ3v) is 7.68. The Labute approximate surface area is 257 Å². The lowest BCUT2D eigenvalue weighted by Gasteiger charge is -2.35. The van der Waals surface area contributed by atoms with Crippen molar-refractivity contribution in [3.8, 4) is 5.75 Å². The van der Waals surface area contributed by atoms with Gasteiger partial charge in [-0.3, -0.25) is 24.3 Å². The molecule has 11 nitrogen and oxygen atoms in total. The van der Waals surface area contributed by atoms with Gasteiger partial charge < -0.3 is 20.1 Å². The smallest absolute Gasteiger partial charge is 0.326 e. The van der Waals surface area contributed by atoms with Crippen LogP contribution in [0.4, 0.5) is 4.79 Å². The summed E-state index contributed by atoms with van der Waals surface area (Å²) in [5.74, 6) is -1.57. The highest BCUT2D eigenvalue weighted by atomic mass is 35.5. The molecule has 0 radical (unpaired) electrons. The number of benzene rings is 2. The third kappa shape index (κ3) is 6.70. The van der Waals surface area contributed by atoms with E-state index in [0.717, 1.165) is 5.56 Å². The highest BCUT2D eigenvalue weighted by molar-refractivity contribution is 7.07. The zero-order valence-corrected chi connectivity index (χ0v) is 25.3. The van der Waals surface area contributed by atoms with Gasteiger partial charge in [0.05, 0.1) is 16.8 Å². The molecule has 224 valence electrons. The first kappa shape index (κ1) is 30.2. The molecule has 3 amide bonds. The second-order valence-corrected chi connectivity index (χ2v) is 12.3. The maximum atomic E-state index is 14.3. The maximum Gasteiger partial charge on any atom is 0.326 e. The topological polar surface area (TPSA) is 142 Å². The molecule has 2 aliphatic rings. The van der Waals surface area contributed by atoms with Gasteiger partial charge in [-0.15, -0.1) is 11.3 Å². The number of halogens is 1. The molecule has 43 heavy (non-hydrogen) atoms. The van der Waals surface area contributed by atoms with Crippen LogP contribution in [0.15, 0.2) is 58.3 Å². The summed E-state index contributed by atoms with van der Waals surface area (Å²) in [5.41, 5.74) is 2.95. The van der Waals surface area contributed by atoms with E-state index in [2.05, 4.69) is 10.3 Å². The Hall–Kier alpha value is -4.29. The summed E-state index contributed by atoms with van der Waals surface area (Å²) in [4.78, 5) is 63.2. The average molecular weight is 624 g/mol. The highest BCUT2D eigenvalue weighted by Gasteiger charge is 2.46. The van der Waals surface area contributed by atoms with E-state index in [-0.39, 0.29) is 29.6 Å². The van der Waals surface area contributed by atoms with Crippen molar-refractivity contribution in [3.05, 3.63) is 80.8 Å². The van der Waals surface area contributed by atoms with E-state index in [1.54, 1.807) is 23.7 Å². The molecule has 2 N–H and O–H groups in total. The number of nitrogens with zero attached hydrogens (tertiary/aromatic N) is 4. The first-order valence-electron chi connectivity index (χ1n) is 13.6. The first-order valence-corrected chi connectivity index (χ1v) is 14.9. The van der Waals surface area contributed by atoms with E-state index in [1.807, 2.05) is 38.3 Å². The van der Waals surface area contributed by atoms with E-state index >= 15 is 0 Å². The summed E-state index contributed by atoms with van der Waals surface area (Å²) in [6.45, 7) is 6.00. The summed E-state index contributed by atoms with van der Waals surface area (Å²) in [6, 6.07) is 10.1. The molecule has 0 saturated carbocycles. The van der Waals surface area contributed by atoms with Crippen LogP contribution in [0.1, 0.15) is 66.5 Å². The van der Waals surface area contributed by atoms with Crippen LogP contribution in [0.2, 0.25) is 5.02 Å². The van der Waals surface area contributed by atoms with Crippen molar-refractivity contribution in [1.29, 1.82) is 0 Å². The fraction of sp³-hybridized carbons (Fsp3) is 0.333. The number of carboxylic acid groups (broad SMARTS) is 1. The summed E-state index contributed by atoms with van der Waals surface area (Å²) in [5, 5.41) is 14.3. The van der Waals surface area contributed by atoms with Gasteiger partial charge in [0.25, 0.3) is 0 Å². The van der Waals surface area contributed by atoms with Crippen molar-refractivity contribution in [3.63, 3.8) is 0 Å². The van der Waals surface area contributed by atoms with Crippen molar-refractivity contribution < 1.29 is 29.0 Å². The number of aromatic nitrogens is 1. The Morgan fingerprint density at radius 3 is 2.53 bits per heavy atom. The minimum absolute atomic E-state index is 0.119. The molecule has 0 aliphatic carbocycles. The van der Waals surface area contributed by atoms with Crippen LogP contribution in [-0.2, 0) is 9.59 Å². The molecule has 5 rings (SSSR count). The second kappa shape index (κ2) is 12.1. The van der Waals surface area contributed by atoms with Crippen LogP contribution in [0.5, 0.6) is 5.75 Å². The first-order chi connectivity index (χ1) is 20.4. The Balaban J connectivity index is 1.69. The normalized spacial score (nSPS) is 18.7. The second-order valence-electron chi connectivity index (χ2n) is 11.2. The highest BCUT2D eigenvalue weighted by Crippen LogP contribution is 2.45. The van der Waals surface area contributed by atoms with Gasteiger partial charge in [-0.2, -0.15) is 0 Å². The fourth-order valence-corrected chi connectivity index (χ4v) is 5.72. The summed E-state index contributed by atoms with van der Waals surface area (Å²) in [6.07, 6.45) is -0.679. The number of aliphatic imine (C=N–C) groups is 1. The molecule has 13 heteroatoms. The molecule has 2 aromatic carbocycles. The number of thiazole rings is 1. The Morgan fingerprint density at radius 2 is 1.91 bits per heavy atom. The predicted molar refractivity (Wildman–Crippen MR) is 161 cm³/mol. The molecule has 3 heterocycles. The standard InChI is InChI=1S/C30H30ClN5O6S/c1-30(2,3)42-23-12-18(22(37)13-25(39)40)6-9-20(23)28-34-26(17-4-7-19(31)8-5-17)27(21-15-43-16-33-21)36(28)29(41)35-11-10-32-24(38)14-35/h4-9,12,15-16,26-27H,10-11,13-14H2,1-3H3,(H,32,38)(H,39,40)/t26-,27+/m0/s1. The van der Waals surface area contributed by atoms with Gasteiger partial charge >= 0.3 is 12.0 Å². The Morgan fingerprint density at radius 1 is 1.16 bits per heavy atom. The van der Waals surface area contributed by atoms with E-state index in [9.17, 15) is 24.3 Å². The third-order valence-electron chi connectivity index (χ3n) is 6.82. The molecule has 2 aliphatic heterocycles. The van der Waals surface area contributed by atoms with Crippen molar-refractivity contribution in [2.24, 2.45) is 4.99 Å². The van der Waals surface area contributed by atoms with Crippen LogP contribution >= 0.6 is 22.9 Å². The molecule has 1 aromatic heterocycles. The Bertz CT molecular complexity index is 1590. The van der Waals surface area contributed by atoms with Gasteiger partial charge in [-0.25, -0.2) is 9.78 Å². The molecule has 1 fully saturated rings. The molecule has 1 saturated heterocycles. The number of hydrogen-bond acceptors (Lipinski definition) is 8. The van der Waals surface area contributed by atoms with Gasteiger partial charge in [-0.05, 0) is 50.6 Å². The molecule has 0 unspecified atom stereocenters. The van der Waals surface area contributed by atoms with Crippen LogP contribution < -0.4 is 10.1 Å². The molecule has 0 bridgehead atoms. The zero-order valence-electron chi connectivity index (χ0n) is 23.7. The number of nitrogens with one attached hydrogen (secondary N) is 1. The number of carbonyl (C=O) groups is 4. The lowest BCUT2D eigenvalue weighted by molar-refractivity contribution is -0.136. The number of urea groups is 1. The number of carboxylic acids is 1. The van der Waals surface area contributed by atoms with Crippen molar-refractivity contribution in [2.75, 3.05) is 19.6 Å². The Kier molecular flexibility index (Phi) is 8.52. The minimum atomic E-state index is -1.24. The number of amides is 3. The number of hydrogen-bond donors (Lipinski definition) is 2. The minimum Gasteiger partial charge on any atom is -0.487 e. The summed E-state index contributed by atoms with van der Waals surface area (Å²) >= 11 is 7.58. The van der Waals surface area contributed by atoms with Crippen LogP contribution in [0.3, 0.4) is 0 Å². The number of rotatable bonds is 7. The van der Waals surface area contributed by atoms with Crippen molar-refractivity contribution in [2.45, 2.75) is 44.9 Å². The van der Waals surface area contributed by atoms with Gasteiger partial charge in [-0.1, -0.05) is 29.8 Å². The fourth-order valence-electron chi connectivity index (χ4n) is 5.01. The van der Waals surface area contributed by atoms with Crippen LogP contribution in [-0.4, -0.2) is 74.7 Å².